The molecule has 108 valence electrons. The summed E-state index contributed by atoms with van der Waals surface area (Å²) >= 11 is 5.11. The second-order valence-electron chi connectivity index (χ2n) is 5.62. The Labute approximate surface area is 132 Å². The number of hydrogen-bond acceptors (Lipinski definition) is 5. The van der Waals surface area contributed by atoms with Crippen molar-refractivity contribution in [1.29, 1.82) is 0 Å². The molecule has 0 bridgehead atoms. The van der Waals surface area contributed by atoms with E-state index in [-0.39, 0.29) is 5.54 Å². The number of pyridine rings is 1. The summed E-state index contributed by atoms with van der Waals surface area (Å²) in [6.45, 7) is 7.52. The Morgan fingerprint density at radius 3 is 2.80 bits per heavy atom. The molecule has 0 atom stereocenters. The highest BCUT2D eigenvalue weighted by Crippen LogP contribution is 2.28. The fourth-order valence-electron chi connectivity index (χ4n) is 1.70. The number of aryl methyl sites for hydroxylation is 1. The molecular formula is C14H19BrN4S. The standard InChI is InChI=1S/C14H19BrN4S/c1-14(2,3)17-9-5-7-11-18-19-13(20-11)12-10(15)6-4-8-16-12/h4,6,8,17H,5,7,9H2,1-3H3. The summed E-state index contributed by atoms with van der Waals surface area (Å²) in [5.74, 6) is 0. The van der Waals surface area contributed by atoms with Crippen LogP contribution in [0.3, 0.4) is 0 Å². The average molecular weight is 355 g/mol. The summed E-state index contributed by atoms with van der Waals surface area (Å²) in [6.07, 6.45) is 3.79. The number of hydrogen-bond donors (Lipinski definition) is 1. The van der Waals surface area contributed by atoms with Gasteiger partial charge in [0.25, 0.3) is 0 Å². The smallest absolute Gasteiger partial charge is 0.167 e. The minimum Gasteiger partial charge on any atom is -0.312 e. The quantitative estimate of drug-likeness (QED) is 0.832. The topological polar surface area (TPSA) is 50.7 Å². The molecule has 1 N–H and O–H groups in total. The van der Waals surface area contributed by atoms with E-state index in [1.807, 2.05) is 12.1 Å². The first-order chi connectivity index (χ1) is 9.46. The van der Waals surface area contributed by atoms with E-state index in [0.29, 0.717) is 0 Å². The molecule has 0 saturated carbocycles. The molecule has 0 amide bonds. The van der Waals surface area contributed by atoms with Gasteiger partial charge in [0, 0.05) is 22.6 Å². The lowest BCUT2D eigenvalue weighted by molar-refractivity contribution is 0.422. The Kier molecular flexibility index (Phi) is 5.23. The molecular weight excluding hydrogens is 336 g/mol. The van der Waals surface area contributed by atoms with Crippen LogP contribution >= 0.6 is 27.3 Å². The second kappa shape index (κ2) is 6.74. The fourth-order valence-corrected chi connectivity index (χ4v) is 3.16. The molecule has 0 radical (unpaired) electrons. The largest absolute Gasteiger partial charge is 0.312 e. The molecule has 6 heteroatoms. The van der Waals surface area contributed by atoms with Crippen LogP contribution in [0.4, 0.5) is 0 Å². The summed E-state index contributed by atoms with van der Waals surface area (Å²) < 4.78 is 0.956. The zero-order valence-corrected chi connectivity index (χ0v) is 14.4. The van der Waals surface area contributed by atoms with Gasteiger partial charge in [-0.1, -0.05) is 11.3 Å². The Hall–Kier alpha value is -0.850. The van der Waals surface area contributed by atoms with Crippen LogP contribution in [-0.2, 0) is 6.42 Å². The van der Waals surface area contributed by atoms with E-state index in [9.17, 15) is 0 Å². The van der Waals surface area contributed by atoms with Gasteiger partial charge in [-0.3, -0.25) is 4.98 Å². The molecule has 0 aromatic carbocycles. The SMILES string of the molecule is CC(C)(C)NCCCc1nnc(-c2ncccc2Br)s1. The molecule has 2 rings (SSSR count). The second-order valence-corrected chi connectivity index (χ2v) is 7.53. The van der Waals surface area contributed by atoms with Gasteiger partial charge in [0.15, 0.2) is 5.01 Å². The fraction of sp³-hybridized carbons (Fsp3) is 0.500. The normalized spacial score (nSPS) is 11.8. The van der Waals surface area contributed by atoms with Crippen LogP contribution in [0.25, 0.3) is 10.7 Å². The van der Waals surface area contributed by atoms with E-state index in [1.165, 1.54) is 0 Å². The molecule has 20 heavy (non-hydrogen) atoms. The van der Waals surface area contributed by atoms with Crippen molar-refractivity contribution in [1.82, 2.24) is 20.5 Å². The van der Waals surface area contributed by atoms with Crippen LogP contribution in [0.1, 0.15) is 32.2 Å². The van der Waals surface area contributed by atoms with Gasteiger partial charge in [0.05, 0.1) is 0 Å². The van der Waals surface area contributed by atoms with Crippen LogP contribution in [0.5, 0.6) is 0 Å². The van der Waals surface area contributed by atoms with E-state index < -0.39 is 0 Å². The number of nitrogens with one attached hydrogen (secondary N) is 1. The van der Waals surface area contributed by atoms with Gasteiger partial charge in [-0.05, 0) is 61.8 Å². The zero-order valence-electron chi connectivity index (χ0n) is 12.0. The van der Waals surface area contributed by atoms with Gasteiger partial charge in [0.1, 0.15) is 10.7 Å². The van der Waals surface area contributed by atoms with Crippen molar-refractivity contribution in [3.05, 3.63) is 27.8 Å². The number of aromatic nitrogens is 3. The molecule has 2 aromatic heterocycles. The van der Waals surface area contributed by atoms with Gasteiger partial charge >= 0.3 is 0 Å². The third-order valence-electron chi connectivity index (χ3n) is 2.65. The van der Waals surface area contributed by atoms with Gasteiger partial charge in [-0.15, -0.1) is 10.2 Å². The Balaban J connectivity index is 1.92. The molecule has 0 aliphatic carbocycles. The van der Waals surface area contributed by atoms with Crippen LogP contribution in [0, 0.1) is 0 Å². The van der Waals surface area contributed by atoms with Crippen LogP contribution in [0.2, 0.25) is 0 Å². The molecule has 2 heterocycles. The summed E-state index contributed by atoms with van der Waals surface area (Å²) in [4.78, 5) is 4.34. The summed E-state index contributed by atoms with van der Waals surface area (Å²) in [7, 11) is 0. The van der Waals surface area contributed by atoms with E-state index in [4.69, 9.17) is 0 Å². The van der Waals surface area contributed by atoms with E-state index in [0.717, 1.165) is 39.6 Å². The first-order valence-corrected chi connectivity index (χ1v) is 8.25. The van der Waals surface area contributed by atoms with Crippen molar-refractivity contribution >= 4 is 27.3 Å². The lowest BCUT2D eigenvalue weighted by Crippen LogP contribution is -2.36. The molecule has 0 unspecified atom stereocenters. The van der Waals surface area contributed by atoms with Crippen molar-refractivity contribution in [2.45, 2.75) is 39.2 Å². The molecule has 0 spiro atoms. The van der Waals surface area contributed by atoms with E-state index in [1.54, 1.807) is 17.5 Å². The third-order valence-corrected chi connectivity index (χ3v) is 4.28. The summed E-state index contributed by atoms with van der Waals surface area (Å²) in [5.41, 5.74) is 1.04. The predicted molar refractivity (Wildman–Crippen MR) is 86.9 cm³/mol. The molecule has 0 aliphatic heterocycles. The minimum atomic E-state index is 0.172. The van der Waals surface area contributed by atoms with Crippen molar-refractivity contribution in [2.75, 3.05) is 6.54 Å². The molecule has 0 fully saturated rings. The Morgan fingerprint density at radius 2 is 2.10 bits per heavy atom. The van der Waals surface area contributed by atoms with Gasteiger partial charge < -0.3 is 5.32 Å². The number of rotatable bonds is 5. The summed E-state index contributed by atoms with van der Waals surface area (Å²) in [6, 6.07) is 3.87. The maximum Gasteiger partial charge on any atom is 0.167 e. The highest BCUT2D eigenvalue weighted by Gasteiger charge is 2.11. The van der Waals surface area contributed by atoms with Gasteiger partial charge in [-0.25, -0.2) is 0 Å². The average Bonchev–Trinajstić information content (AvgIpc) is 2.83. The minimum absolute atomic E-state index is 0.172. The van der Waals surface area contributed by atoms with Crippen molar-refractivity contribution in [3.63, 3.8) is 0 Å². The highest BCUT2D eigenvalue weighted by molar-refractivity contribution is 9.10. The molecule has 0 aliphatic rings. The lowest BCUT2D eigenvalue weighted by Gasteiger charge is -2.20. The third kappa shape index (κ3) is 4.61. The van der Waals surface area contributed by atoms with Crippen LogP contribution in [-0.4, -0.2) is 27.3 Å². The number of nitrogens with zero attached hydrogens (tertiary/aromatic N) is 3. The first kappa shape index (κ1) is 15.5. The zero-order chi connectivity index (χ0) is 14.6. The lowest BCUT2D eigenvalue weighted by atomic mass is 10.1. The van der Waals surface area contributed by atoms with E-state index in [2.05, 4.69) is 57.2 Å². The van der Waals surface area contributed by atoms with Crippen molar-refractivity contribution < 1.29 is 0 Å². The van der Waals surface area contributed by atoms with Crippen LogP contribution in [0.15, 0.2) is 22.8 Å². The number of halogens is 1. The van der Waals surface area contributed by atoms with E-state index >= 15 is 0 Å². The van der Waals surface area contributed by atoms with Gasteiger partial charge in [-0.2, -0.15) is 0 Å². The Bertz CT molecular complexity index is 562. The highest BCUT2D eigenvalue weighted by atomic mass is 79.9. The Morgan fingerprint density at radius 1 is 1.30 bits per heavy atom. The monoisotopic (exact) mass is 354 g/mol. The maximum absolute atomic E-state index is 4.34. The van der Waals surface area contributed by atoms with Crippen molar-refractivity contribution in [3.8, 4) is 10.7 Å². The molecule has 4 nitrogen and oxygen atoms in total. The maximum atomic E-state index is 4.34. The summed E-state index contributed by atoms with van der Waals surface area (Å²) in [5, 5.41) is 13.9. The molecule has 0 saturated heterocycles. The van der Waals surface area contributed by atoms with Crippen LogP contribution < -0.4 is 5.32 Å². The van der Waals surface area contributed by atoms with Crippen molar-refractivity contribution in [2.24, 2.45) is 0 Å². The first-order valence-electron chi connectivity index (χ1n) is 6.64. The van der Waals surface area contributed by atoms with Gasteiger partial charge in [0.2, 0.25) is 0 Å². The predicted octanol–water partition coefficient (Wildman–Crippen LogP) is 3.68. The molecule has 2 aromatic rings.